The number of rotatable bonds is 10. The largest absolute Gasteiger partial charge is 0.493 e. The van der Waals surface area contributed by atoms with Crippen LogP contribution in [-0.4, -0.2) is 53.8 Å². The summed E-state index contributed by atoms with van der Waals surface area (Å²) in [6.07, 6.45) is 1.81. The number of nitrogens with zero attached hydrogens (tertiary/aromatic N) is 3. The average Bonchev–Trinajstić information content (AvgIpc) is 3.20. The molecule has 0 aliphatic heterocycles. The second-order valence-corrected chi connectivity index (χ2v) is 8.24. The summed E-state index contributed by atoms with van der Waals surface area (Å²) in [7, 11) is 4.75. The number of carbonyl (C=O) groups is 1. The highest BCUT2D eigenvalue weighted by atomic mass is 16.5. The van der Waals surface area contributed by atoms with E-state index in [9.17, 15) is 4.79 Å². The van der Waals surface area contributed by atoms with E-state index in [4.69, 9.17) is 19.2 Å². The van der Waals surface area contributed by atoms with Crippen molar-refractivity contribution >= 4 is 16.9 Å². The molecule has 7 heteroatoms. The van der Waals surface area contributed by atoms with Gasteiger partial charge in [0.25, 0.3) is 0 Å². The fourth-order valence-corrected chi connectivity index (χ4v) is 4.20. The van der Waals surface area contributed by atoms with Crippen molar-refractivity contribution in [1.82, 2.24) is 14.5 Å². The second-order valence-electron chi connectivity index (χ2n) is 8.24. The molecule has 0 bridgehead atoms. The van der Waals surface area contributed by atoms with Crippen molar-refractivity contribution in [3.63, 3.8) is 0 Å². The Hall–Kier alpha value is -3.22. The first-order chi connectivity index (χ1) is 15.9. The molecule has 2 atom stereocenters. The van der Waals surface area contributed by atoms with E-state index < -0.39 is 0 Å². The number of benzene rings is 2. The van der Waals surface area contributed by atoms with Crippen LogP contribution in [0.3, 0.4) is 0 Å². The molecule has 178 valence electrons. The quantitative estimate of drug-likeness (QED) is 0.424. The number of methoxy groups -OCH3 is 3. The summed E-state index contributed by atoms with van der Waals surface area (Å²) in [4.78, 5) is 20.5. The first-order valence-electron chi connectivity index (χ1n) is 11.5. The zero-order valence-corrected chi connectivity index (χ0v) is 20.7. The van der Waals surface area contributed by atoms with E-state index in [2.05, 4.69) is 27.7 Å². The molecule has 7 nitrogen and oxygen atoms in total. The molecule has 1 amide bonds. The highest BCUT2D eigenvalue weighted by molar-refractivity contribution is 5.85. The van der Waals surface area contributed by atoms with Crippen molar-refractivity contribution in [3.8, 4) is 28.6 Å². The Balaban J connectivity index is 2.16. The van der Waals surface area contributed by atoms with Gasteiger partial charge in [-0.15, -0.1) is 0 Å². The Morgan fingerprint density at radius 2 is 1.55 bits per heavy atom. The van der Waals surface area contributed by atoms with Crippen molar-refractivity contribution < 1.29 is 19.0 Å². The summed E-state index contributed by atoms with van der Waals surface area (Å²) in [6, 6.07) is 11.9. The third-order valence-corrected chi connectivity index (χ3v) is 6.29. The van der Waals surface area contributed by atoms with Gasteiger partial charge >= 0.3 is 0 Å². The average molecular weight is 454 g/mol. The molecule has 0 radical (unpaired) electrons. The molecule has 0 fully saturated rings. The molecule has 2 aromatic carbocycles. The monoisotopic (exact) mass is 453 g/mol. The number of imidazole rings is 1. The van der Waals surface area contributed by atoms with Crippen LogP contribution in [0.25, 0.3) is 22.4 Å². The molecule has 2 unspecified atom stereocenters. The summed E-state index contributed by atoms with van der Waals surface area (Å²) in [5, 5.41) is 0. The Morgan fingerprint density at radius 3 is 2.06 bits per heavy atom. The molecule has 0 saturated carbocycles. The predicted molar refractivity (Wildman–Crippen MR) is 131 cm³/mol. The van der Waals surface area contributed by atoms with Gasteiger partial charge in [0.1, 0.15) is 12.4 Å². The van der Waals surface area contributed by atoms with Crippen LogP contribution in [0.4, 0.5) is 0 Å². The number of amides is 1. The lowest BCUT2D eigenvalue weighted by molar-refractivity contribution is -0.136. The minimum atomic E-state index is 0.0792. The van der Waals surface area contributed by atoms with Crippen molar-refractivity contribution in [2.45, 2.75) is 59.2 Å². The van der Waals surface area contributed by atoms with E-state index in [0.717, 1.165) is 29.4 Å². The lowest BCUT2D eigenvalue weighted by Crippen LogP contribution is -2.45. The van der Waals surface area contributed by atoms with Crippen molar-refractivity contribution in [2.24, 2.45) is 0 Å². The summed E-state index contributed by atoms with van der Waals surface area (Å²) >= 11 is 0. The van der Waals surface area contributed by atoms with E-state index in [0.29, 0.717) is 23.1 Å². The van der Waals surface area contributed by atoms with Gasteiger partial charge in [0.15, 0.2) is 11.5 Å². The number of hydrogen-bond acceptors (Lipinski definition) is 5. The molecule has 0 spiro atoms. The maximum absolute atomic E-state index is 13.6. The van der Waals surface area contributed by atoms with Crippen molar-refractivity contribution in [1.29, 1.82) is 0 Å². The van der Waals surface area contributed by atoms with Gasteiger partial charge < -0.3 is 23.7 Å². The van der Waals surface area contributed by atoms with Gasteiger partial charge in [-0.2, -0.15) is 0 Å². The zero-order valence-electron chi connectivity index (χ0n) is 20.7. The van der Waals surface area contributed by atoms with Crippen LogP contribution in [0.1, 0.15) is 40.5 Å². The van der Waals surface area contributed by atoms with Gasteiger partial charge in [-0.05, 0) is 51.0 Å². The highest BCUT2D eigenvalue weighted by Crippen LogP contribution is 2.41. The number of fused-ring (bicyclic) bond motifs is 1. The SMILES string of the molecule is CCC(C)N(C(=O)Cn1c(-c2cc(OC)c(OC)c(OC)c2)nc2ccccc21)C(C)CC. The van der Waals surface area contributed by atoms with E-state index in [1.54, 1.807) is 21.3 Å². The molecule has 3 rings (SSSR count). The highest BCUT2D eigenvalue weighted by Gasteiger charge is 2.26. The number of hydrogen-bond donors (Lipinski definition) is 0. The Kier molecular flexibility index (Phi) is 7.84. The van der Waals surface area contributed by atoms with Crippen LogP contribution >= 0.6 is 0 Å². The van der Waals surface area contributed by atoms with Crippen LogP contribution < -0.4 is 14.2 Å². The van der Waals surface area contributed by atoms with Crippen LogP contribution in [0, 0.1) is 0 Å². The number of ether oxygens (including phenoxy) is 3. The minimum absolute atomic E-state index is 0.0792. The van der Waals surface area contributed by atoms with Gasteiger partial charge in [-0.3, -0.25) is 4.79 Å². The van der Waals surface area contributed by atoms with Crippen LogP contribution in [0.5, 0.6) is 17.2 Å². The molecule has 0 saturated heterocycles. The normalized spacial score (nSPS) is 12.9. The molecule has 0 N–H and O–H groups in total. The molecular weight excluding hydrogens is 418 g/mol. The number of aromatic nitrogens is 2. The minimum Gasteiger partial charge on any atom is -0.493 e. The smallest absolute Gasteiger partial charge is 0.243 e. The van der Waals surface area contributed by atoms with Gasteiger partial charge in [-0.25, -0.2) is 4.98 Å². The Labute approximate surface area is 196 Å². The van der Waals surface area contributed by atoms with Gasteiger partial charge in [0, 0.05) is 17.6 Å². The van der Waals surface area contributed by atoms with Gasteiger partial charge in [0.2, 0.25) is 11.7 Å². The standard InChI is InChI=1S/C26H35N3O4/c1-8-17(3)29(18(4)9-2)24(30)16-28-21-13-11-10-12-20(21)27-26(28)19-14-22(31-5)25(33-7)23(15-19)32-6/h10-15,17-18H,8-9,16H2,1-7H3. The predicted octanol–water partition coefficient (Wildman–Crippen LogP) is 5.15. The van der Waals surface area contributed by atoms with Crippen LogP contribution in [0.15, 0.2) is 36.4 Å². The van der Waals surface area contributed by atoms with Crippen LogP contribution in [-0.2, 0) is 11.3 Å². The third-order valence-electron chi connectivity index (χ3n) is 6.29. The molecule has 3 aromatic rings. The lowest BCUT2D eigenvalue weighted by atomic mass is 10.1. The van der Waals surface area contributed by atoms with E-state index in [-0.39, 0.29) is 24.5 Å². The van der Waals surface area contributed by atoms with Crippen molar-refractivity contribution in [2.75, 3.05) is 21.3 Å². The number of carbonyl (C=O) groups excluding carboxylic acids is 1. The maximum Gasteiger partial charge on any atom is 0.243 e. The first-order valence-corrected chi connectivity index (χ1v) is 11.5. The molecule has 1 aromatic heterocycles. The number of para-hydroxylation sites is 2. The molecular formula is C26H35N3O4. The fraction of sp³-hybridized carbons (Fsp3) is 0.462. The topological polar surface area (TPSA) is 65.8 Å². The van der Waals surface area contributed by atoms with Crippen molar-refractivity contribution in [3.05, 3.63) is 36.4 Å². The first kappa shape index (κ1) is 24.4. The Morgan fingerprint density at radius 1 is 0.970 bits per heavy atom. The zero-order chi connectivity index (χ0) is 24.1. The maximum atomic E-state index is 13.6. The lowest BCUT2D eigenvalue weighted by Gasteiger charge is -2.34. The Bertz CT molecular complexity index is 1070. The molecule has 0 aliphatic rings. The molecule has 0 aliphatic carbocycles. The van der Waals surface area contributed by atoms with Gasteiger partial charge in [0.05, 0.1) is 32.4 Å². The third kappa shape index (κ3) is 4.77. The van der Waals surface area contributed by atoms with E-state index in [1.807, 2.05) is 45.9 Å². The van der Waals surface area contributed by atoms with Crippen LogP contribution in [0.2, 0.25) is 0 Å². The summed E-state index contributed by atoms with van der Waals surface area (Å²) in [5.74, 6) is 2.35. The molecule has 33 heavy (non-hydrogen) atoms. The van der Waals surface area contributed by atoms with E-state index >= 15 is 0 Å². The van der Waals surface area contributed by atoms with E-state index in [1.165, 1.54) is 0 Å². The van der Waals surface area contributed by atoms with Gasteiger partial charge in [-0.1, -0.05) is 26.0 Å². The second kappa shape index (κ2) is 10.6. The summed E-state index contributed by atoms with van der Waals surface area (Å²) < 4.78 is 18.6. The molecule has 1 heterocycles. The summed E-state index contributed by atoms with van der Waals surface area (Å²) in [6.45, 7) is 8.64. The fourth-order valence-electron chi connectivity index (χ4n) is 4.20. The summed E-state index contributed by atoms with van der Waals surface area (Å²) in [5.41, 5.74) is 2.52.